The predicted octanol–water partition coefficient (Wildman–Crippen LogP) is 5.64. The molecule has 0 aliphatic heterocycles. The molecule has 1 atom stereocenters. The van der Waals surface area contributed by atoms with Gasteiger partial charge in [0.05, 0.1) is 12.5 Å². The van der Waals surface area contributed by atoms with E-state index in [1.54, 1.807) is 6.08 Å². The first-order chi connectivity index (χ1) is 11.2. The molecule has 0 aliphatic carbocycles. The molecule has 3 heteroatoms. The maximum Gasteiger partial charge on any atom is 0.306 e. The van der Waals surface area contributed by atoms with Gasteiger partial charge in [0.15, 0.2) is 0 Å². The number of unbranched alkanes of at least 4 members (excludes halogenated alkanes) is 10. The molecule has 0 radical (unpaired) electrons. The van der Waals surface area contributed by atoms with Crippen LogP contribution < -0.4 is 0 Å². The largest absolute Gasteiger partial charge is 0.481 e. The number of aliphatic hydroxyl groups is 1. The maximum atomic E-state index is 10.4. The second kappa shape index (κ2) is 17.3. The van der Waals surface area contributed by atoms with Gasteiger partial charge in [0.2, 0.25) is 0 Å². The van der Waals surface area contributed by atoms with Gasteiger partial charge in [-0.25, -0.2) is 0 Å². The number of hydrogen-bond acceptors (Lipinski definition) is 2. The number of aliphatic hydroxyl groups excluding tert-OH is 1. The van der Waals surface area contributed by atoms with Crippen LogP contribution in [-0.4, -0.2) is 22.3 Å². The van der Waals surface area contributed by atoms with Crippen molar-refractivity contribution in [2.45, 2.75) is 96.5 Å². The molecule has 23 heavy (non-hydrogen) atoms. The van der Waals surface area contributed by atoms with Gasteiger partial charge < -0.3 is 10.2 Å². The molecule has 134 valence electrons. The molecule has 0 aromatic heterocycles. The number of hydrogen-bond donors (Lipinski definition) is 2. The Labute approximate surface area is 142 Å². The Kier molecular flexibility index (Phi) is 16.4. The quantitative estimate of drug-likeness (QED) is 0.285. The Morgan fingerprint density at radius 2 is 1.30 bits per heavy atom. The van der Waals surface area contributed by atoms with Crippen LogP contribution in [0.3, 0.4) is 0 Å². The molecular formula is C20H36O3. The molecule has 0 rings (SSSR count). The number of carboxylic acid groups (broad SMARTS) is 1. The van der Waals surface area contributed by atoms with Crippen molar-refractivity contribution in [3.63, 3.8) is 0 Å². The van der Waals surface area contributed by atoms with Gasteiger partial charge in [-0.15, -0.1) is 0 Å². The highest BCUT2D eigenvalue weighted by atomic mass is 16.4. The van der Waals surface area contributed by atoms with Crippen LogP contribution >= 0.6 is 0 Å². The van der Waals surface area contributed by atoms with Gasteiger partial charge in [-0.05, 0) is 32.1 Å². The topological polar surface area (TPSA) is 57.5 Å². The minimum atomic E-state index is -0.960. The number of aliphatic carboxylic acids is 1. The zero-order valence-electron chi connectivity index (χ0n) is 14.9. The lowest BCUT2D eigenvalue weighted by Crippen LogP contribution is -2.09. The summed E-state index contributed by atoms with van der Waals surface area (Å²) in [5.74, 6) is -0.960. The monoisotopic (exact) mass is 324 g/mol. The Morgan fingerprint density at radius 3 is 1.83 bits per heavy atom. The minimum absolute atomic E-state index is 0.204. The first-order valence-corrected chi connectivity index (χ1v) is 9.38. The Morgan fingerprint density at radius 1 is 0.826 bits per heavy atom. The molecule has 2 N–H and O–H groups in total. The third kappa shape index (κ3) is 18.9. The van der Waals surface area contributed by atoms with Crippen molar-refractivity contribution in [2.24, 2.45) is 0 Å². The zero-order chi connectivity index (χ0) is 17.2. The van der Waals surface area contributed by atoms with Gasteiger partial charge in [0.1, 0.15) is 0 Å². The molecule has 0 saturated carbocycles. The molecule has 0 saturated heterocycles. The summed E-state index contributed by atoms with van der Waals surface area (Å²) >= 11 is 0. The van der Waals surface area contributed by atoms with E-state index in [9.17, 15) is 9.90 Å². The summed E-state index contributed by atoms with van der Waals surface area (Å²) in [6.45, 7) is 2.23. The van der Waals surface area contributed by atoms with Gasteiger partial charge in [-0.1, -0.05) is 76.2 Å². The minimum Gasteiger partial charge on any atom is -0.481 e. The van der Waals surface area contributed by atoms with Crippen LogP contribution in [0.4, 0.5) is 0 Å². The average molecular weight is 325 g/mol. The van der Waals surface area contributed by atoms with E-state index < -0.39 is 12.1 Å². The highest BCUT2D eigenvalue weighted by Gasteiger charge is 2.04. The molecule has 3 nitrogen and oxygen atoms in total. The Hall–Kier alpha value is -1.09. The van der Waals surface area contributed by atoms with Crippen molar-refractivity contribution < 1.29 is 15.0 Å². The van der Waals surface area contributed by atoms with E-state index in [4.69, 9.17) is 5.11 Å². The molecular weight excluding hydrogens is 288 g/mol. The van der Waals surface area contributed by atoms with Crippen LogP contribution in [0.2, 0.25) is 0 Å². The van der Waals surface area contributed by atoms with E-state index in [2.05, 4.69) is 19.1 Å². The summed E-state index contributed by atoms with van der Waals surface area (Å²) in [5.41, 5.74) is 0. The number of rotatable bonds is 16. The van der Waals surface area contributed by atoms with Crippen LogP contribution in [-0.2, 0) is 4.79 Å². The maximum absolute atomic E-state index is 10.4. The van der Waals surface area contributed by atoms with Crippen molar-refractivity contribution in [2.75, 3.05) is 0 Å². The second-order valence-electron chi connectivity index (χ2n) is 6.26. The fourth-order valence-corrected chi connectivity index (χ4v) is 2.47. The summed E-state index contributed by atoms with van der Waals surface area (Å²) in [6, 6.07) is 0. The molecule has 1 unspecified atom stereocenters. The molecule has 0 aliphatic rings. The highest BCUT2D eigenvalue weighted by molar-refractivity contribution is 5.67. The van der Waals surface area contributed by atoms with E-state index in [-0.39, 0.29) is 6.42 Å². The average Bonchev–Trinajstić information content (AvgIpc) is 2.50. The van der Waals surface area contributed by atoms with Crippen LogP contribution in [0.15, 0.2) is 24.3 Å². The third-order valence-corrected chi connectivity index (χ3v) is 3.87. The lowest BCUT2D eigenvalue weighted by molar-refractivity contribution is -0.138. The molecule has 0 spiro atoms. The van der Waals surface area contributed by atoms with Crippen molar-refractivity contribution in [1.82, 2.24) is 0 Å². The number of carboxylic acids is 1. The fraction of sp³-hybridized carbons (Fsp3) is 0.750. The lowest BCUT2D eigenvalue weighted by Gasteiger charge is -2.01. The van der Waals surface area contributed by atoms with Gasteiger partial charge in [-0.2, -0.15) is 0 Å². The first-order valence-electron chi connectivity index (χ1n) is 9.38. The summed E-state index contributed by atoms with van der Waals surface area (Å²) in [7, 11) is 0. The van der Waals surface area contributed by atoms with E-state index in [0.717, 1.165) is 12.8 Å². The molecule has 0 bridgehead atoms. The molecule has 0 aromatic rings. The molecule has 0 fully saturated rings. The molecule has 0 amide bonds. The van der Waals surface area contributed by atoms with Crippen molar-refractivity contribution in [3.8, 4) is 0 Å². The van der Waals surface area contributed by atoms with E-state index >= 15 is 0 Å². The predicted molar refractivity (Wildman–Crippen MR) is 97.6 cm³/mol. The SMILES string of the molecule is CCCCC=CCCCCCCCCCC=CC(O)CC(=O)O. The second-order valence-corrected chi connectivity index (χ2v) is 6.26. The smallest absolute Gasteiger partial charge is 0.306 e. The van der Waals surface area contributed by atoms with Crippen molar-refractivity contribution in [3.05, 3.63) is 24.3 Å². The number of allylic oxidation sites excluding steroid dienone is 3. The Bertz CT molecular complexity index is 321. The van der Waals surface area contributed by atoms with Crippen LogP contribution in [0, 0.1) is 0 Å². The van der Waals surface area contributed by atoms with Crippen LogP contribution in [0.1, 0.15) is 90.4 Å². The van der Waals surface area contributed by atoms with Gasteiger partial charge in [0.25, 0.3) is 0 Å². The number of carbonyl (C=O) groups is 1. The first kappa shape index (κ1) is 21.9. The third-order valence-electron chi connectivity index (χ3n) is 3.87. The van der Waals surface area contributed by atoms with Gasteiger partial charge in [0, 0.05) is 0 Å². The van der Waals surface area contributed by atoms with Crippen LogP contribution in [0.5, 0.6) is 0 Å². The normalized spacial score (nSPS) is 13.1. The van der Waals surface area contributed by atoms with Crippen LogP contribution in [0.25, 0.3) is 0 Å². The highest BCUT2D eigenvalue weighted by Crippen LogP contribution is 2.10. The summed E-state index contributed by atoms with van der Waals surface area (Å²) in [5, 5.41) is 17.9. The summed E-state index contributed by atoms with van der Waals surface area (Å²) in [4.78, 5) is 10.4. The van der Waals surface area contributed by atoms with Crippen molar-refractivity contribution >= 4 is 5.97 Å². The molecule has 0 aromatic carbocycles. The fourth-order valence-electron chi connectivity index (χ4n) is 2.47. The van der Waals surface area contributed by atoms with Crippen molar-refractivity contribution in [1.29, 1.82) is 0 Å². The van der Waals surface area contributed by atoms with E-state index in [1.807, 2.05) is 6.08 Å². The van der Waals surface area contributed by atoms with Gasteiger partial charge >= 0.3 is 5.97 Å². The molecule has 0 heterocycles. The summed E-state index contributed by atoms with van der Waals surface area (Å²) in [6.07, 6.45) is 22.0. The Balaban J connectivity index is 3.23. The summed E-state index contributed by atoms with van der Waals surface area (Å²) < 4.78 is 0. The zero-order valence-corrected chi connectivity index (χ0v) is 14.9. The van der Waals surface area contributed by atoms with E-state index in [1.165, 1.54) is 64.2 Å². The lowest BCUT2D eigenvalue weighted by atomic mass is 10.1. The standard InChI is InChI=1S/C20H36O3/c1-2-3-4-5-6-7-8-9-10-11-12-13-14-15-16-17-19(21)18-20(22)23/h5-6,16-17,19,21H,2-4,7-15,18H2,1H3,(H,22,23). The van der Waals surface area contributed by atoms with E-state index in [0.29, 0.717) is 0 Å². The van der Waals surface area contributed by atoms with Gasteiger partial charge in [-0.3, -0.25) is 4.79 Å².